The highest BCUT2D eigenvalue weighted by Crippen LogP contribution is 2.32. The number of hydrogen-bond donors (Lipinski definition) is 2. The van der Waals surface area contributed by atoms with Crippen LogP contribution in [0.2, 0.25) is 0 Å². The van der Waals surface area contributed by atoms with Crippen molar-refractivity contribution < 1.29 is 4.74 Å². The molecule has 0 spiro atoms. The van der Waals surface area contributed by atoms with E-state index in [2.05, 4.69) is 71.3 Å². The van der Waals surface area contributed by atoms with Crippen LogP contribution < -0.4 is 10.6 Å². The van der Waals surface area contributed by atoms with E-state index in [0.29, 0.717) is 17.1 Å². The number of thiocarbonyl (C=S) groups is 1. The zero-order chi connectivity index (χ0) is 16.8. The number of benzene rings is 2. The minimum absolute atomic E-state index is 0.122. The second-order valence-corrected chi connectivity index (χ2v) is 6.48. The lowest BCUT2D eigenvalue weighted by molar-refractivity contribution is 0.202. The van der Waals surface area contributed by atoms with E-state index >= 15 is 0 Å². The van der Waals surface area contributed by atoms with Gasteiger partial charge in [0.1, 0.15) is 6.10 Å². The molecule has 1 fully saturated rings. The first-order valence-corrected chi connectivity index (χ1v) is 8.96. The molecule has 0 amide bonds. The first-order chi connectivity index (χ1) is 11.8. The number of ether oxygens (including phenoxy) is 1. The topological polar surface area (TPSA) is 33.3 Å². The molecule has 4 heteroatoms. The van der Waals surface area contributed by atoms with E-state index in [-0.39, 0.29) is 6.10 Å². The third-order valence-corrected chi connectivity index (χ3v) is 4.68. The molecule has 0 unspecified atom stereocenters. The van der Waals surface area contributed by atoms with Gasteiger partial charge in [0.25, 0.3) is 5.17 Å². The number of rotatable bonds is 5. The molecule has 24 heavy (non-hydrogen) atoms. The standard InChI is InChI=1S/C20H24N2OS/c1-2-21-20(24)23-17-13-18(22-14-17)19(15-9-5-3-6-10-15)16-11-7-4-8-12-16/h3-12,17-19,22H,2,13-14H2,1H3,(H,21,24)/t17-,18-/m1/s1. The first-order valence-electron chi connectivity index (χ1n) is 8.55. The fourth-order valence-electron chi connectivity index (χ4n) is 3.39. The lowest BCUT2D eigenvalue weighted by Gasteiger charge is -2.25. The summed E-state index contributed by atoms with van der Waals surface area (Å²) < 4.78 is 5.86. The Morgan fingerprint density at radius 2 is 1.71 bits per heavy atom. The third-order valence-electron chi connectivity index (χ3n) is 4.44. The normalized spacial score (nSPS) is 20.1. The fourth-order valence-corrected chi connectivity index (χ4v) is 3.67. The summed E-state index contributed by atoms with van der Waals surface area (Å²) in [5.41, 5.74) is 2.66. The average molecular weight is 340 g/mol. The van der Waals surface area contributed by atoms with Gasteiger partial charge in [-0.1, -0.05) is 60.7 Å². The minimum Gasteiger partial charge on any atom is -0.466 e. The molecule has 126 valence electrons. The Morgan fingerprint density at radius 3 is 2.25 bits per heavy atom. The molecule has 1 heterocycles. The van der Waals surface area contributed by atoms with Crippen molar-refractivity contribution in [3.63, 3.8) is 0 Å². The Balaban J connectivity index is 1.77. The van der Waals surface area contributed by atoms with Crippen LogP contribution >= 0.6 is 12.2 Å². The van der Waals surface area contributed by atoms with Crippen LogP contribution in [-0.4, -0.2) is 30.4 Å². The SMILES string of the molecule is CCNC(=S)O[C@H]1CN[C@@H](C(c2ccccc2)c2ccccc2)C1. The molecule has 2 atom stereocenters. The minimum atomic E-state index is 0.122. The summed E-state index contributed by atoms with van der Waals surface area (Å²) in [5.74, 6) is 0.314. The highest BCUT2D eigenvalue weighted by atomic mass is 32.1. The van der Waals surface area contributed by atoms with Gasteiger partial charge in [0.05, 0.1) is 0 Å². The quantitative estimate of drug-likeness (QED) is 0.817. The van der Waals surface area contributed by atoms with Gasteiger partial charge < -0.3 is 15.4 Å². The van der Waals surface area contributed by atoms with Gasteiger partial charge in [0.2, 0.25) is 0 Å². The van der Waals surface area contributed by atoms with Crippen molar-refractivity contribution in [1.29, 1.82) is 0 Å². The van der Waals surface area contributed by atoms with Crippen LogP contribution in [0.4, 0.5) is 0 Å². The summed E-state index contributed by atoms with van der Waals surface area (Å²) in [4.78, 5) is 0. The van der Waals surface area contributed by atoms with Gasteiger partial charge in [-0.25, -0.2) is 0 Å². The smallest absolute Gasteiger partial charge is 0.256 e. The van der Waals surface area contributed by atoms with Crippen LogP contribution in [-0.2, 0) is 4.74 Å². The van der Waals surface area contributed by atoms with E-state index in [4.69, 9.17) is 17.0 Å². The predicted octanol–water partition coefficient (Wildman–Crippen LogP) is 3.46. The van der Waals surface area contributed by atoms with E-state index in [0.717, 1.165) is 19.5 Å². The van der Waals surface area contributed by atoms with Gasteiger partial charge in [0.15, 0.2) is 0 Å². The van der Waals surface area contributed by atoms with Crippen LogP contribution in [0, 0.1) is 0 Å². The zero-order valence-electron chi connectivity index (χ0n) is 13.9. The second-order valence-electron chi connectivity index (χ2n) is 6.11. The summed E-state index contributed by atoms with van der Waals surface area (Å²) in [6, 6.07) is 21.7. The molecule has 1 aliphatic heterocycles. The van der Waals surface area contributed by atoms with Crippen LogP contribution in [0.5, 0.6) is 0 Å². The van der Waals surface area contributed by atoms with Crippen molar-refractivity contribution in [3.8, 4) is 0 Å². The second kappa shape index (κ2) is 8.27. The predicted molar refractivity (Wildman–Crippen MR) is 102 cm³/mol. The number of hydrogen-bond acceptors (Lipinski definition) is 3. The van der Waals surface area contributed by atoms with Crippen molar-refractivity contribution in [2.24, 2.45) is 0 Å². The van der Waals surface area contributed by atoms with Gasteiger partial charge in [-0.15, -0.1) is 0 Å². The molecule has 1 saturated heterocycles. The van der Waals surface area contributed by atoms with Crippen molar-refractivity contribution in [2.45, 2.75) is 31.4 Å². The highest BCUT2D eigenvalue weighted by molar-refractivity contribution is 7.80. The molecule has 2 aromatic carbocycles. The summed E-state index contributed by atoms with van der Waals surface area (Å²) in [5, 5.41) is 7.20. The first kappa shape index (κ1) is 16.9. The van der Waals surface area contributed by atoms with E-state index in [1.54, 1.807) is 0 Å². The van der Waals surface area contributed by atoms with Crippen LogP contribution in [0.1, 0.15) is 30.4 Å². The number of nitrogens with one attached hydrogen (secondary N) is 2. The van der Waals surface area contributed by atoms with Crippen molar-refractivity contribution in [3.05, 3.63) is 71.8 Å². The third kappa shape index (κ3) is 4.13. The Labute approximate surface area is 149 Å². The van der Waals surface area contributed by atoms with E-state index in [1.807, 2.05) is 6.92 Å². The van der Waals surface area contributed by atoms with Crippen molar-refractivity contribution >= 4 is 17.4 Å². The van der Waals surface area contributed by atoms with Gasteiger partial charge in [-0.3, -0.25) is 0 Å². The molecule has 1 aliphatic rings. The maximum absolute atomic E-state index is 5.86. The molecule has 0 bridgehead atoms. The van der Waals surface area contributed by atoms with Gasteiger partial charge in [-0.2, -0.15) is 0 Å². The summed E-state index contributed by atoms with van der Waals surface area (Å²) in [6.07, 6.45) is 1.07. The maximum Gasteiger partial charge on any atom is 0.256 e. The molecule has 0 saturated carbocycles. The summed E-state index contributed by atoms with van der Waals surface area (Å²) in [6.45, 7) is 3.64. The van der Waals surface area contributed by atoms with E-state index in [1.165, 1.54) is 11.1 Å². The van der Waals surface area contributed by atoms with Crippen molar-refractivity contribution in [2.75, 3.05) is 13.1 Å². The molecule has 2 aromatic rings. The Hall–Kier alpha value is -1.91. The molecular weight excluding hydrogens is 316 g/mol. The lowest BCUT2D eigenvalue weighted by Crippen LogP contribution is -2.30. The molecule has 3 nitrogen and oxygen atoms in total. The fraction of sp³-hybridized carbons (Fsp3) is 0.350. The van der Waals surface area contributed by atoms with Gasteiger partial charge in [-0.05, 0) is 30.3 Å². The largest absolute Gasteiger partial charge is 0.466 e. The Morgan fingerprint density at radius 1 is 1.12 bits per heavy atom. The Kier molecular flexibility index (Phi) is 5.83. The van der Waals surface area contributed by atoms with Gasteiger partial charge in [0, 0.05) is 31.5 Å². The summed E-state index contributed by atoms with van der Waals surface area (Å²) in [7, 11) is 0. The lowest BCUT2D eigenvalue weighted by atomic mass is 9.84. The molecule has 0 aliphatic carbocycles. The van der Waals surface area contributed by atoms with Crippen molar-refractivity contribution in [1.82, 2.24) is 10.6 Å². The van der Waals surface area contributed by atoms with E-state index in [9.17, 15) is 0 Å². The molecule has 0 radical (unpaired) electrons. The van der Waals surface area contributed by atoms with Gasteiger partial charge >= 0.3 is 0 Å². The monoisotopic (exact) mass is 340 g/mol. The molecule has 0 aromatic heterocycles. The van der Waals surface area contributed by atoms with Crippen LogP contribution in [0.3, 0.4) is 0 Å². The van der Waals surface area contributed by atoms with Crippen LogP contribution in [0.15, 0.2) is 60.7 Å². The van der Waals surface area contributed by atoms with E-state index < -0.39 is 0 Å². The Bertz CT molecular complexity index is 608. The summed E-state index contributed by atoms with van der Waals surface area (Å²) >= 11 is 5.22. The maximum atomic E-state index is 5.86. The zero-order valence-corrected chi connectivity index (χ0v) is 14.8. The molecule has 2 N–H and O–H groups in total. The molecule has 3 rings (SSSR count). The van der Waals surface area contributed by atoms with Crippen LogP contribution in [0.25, 0.3) is 0 Å². The molecular formula is C20H24N2OS. The average Bonchev–Trinajstić information content (AvgIpc) is 3.05. The highest BCUT2D eigenvalue weighted by Gasteiger charge is 2.33.